The number of nitrogens with one attached hydrogen (secondary N) is 1. The first-order valence-electron chi connectivity index (χ1n) is 6.99. The van der Waals surface area contributed by atoms with E-state index >= 15 is 0 Å². The Morgan fingerprint density at radius 1 is 1.48 bits per heavy atom. The van der Waals surface area contributed by atoms with Crippen LogP contribution in [0.3, 0.4) is 0 Å². The molecule has 0 aromatic heterocycles. The van der Waals surface area contributed by atoms with E-state index in [-0.39, 0.29) is 0 Å². The second kappa shape index (κ2) is 9.02. The van der Waals surface area contributed by atoms with Crippen molar-refractivity contribution in [1.82, 2.24) is 5.32 Å². The lowest BCUT2D eigenvalue weighted by Crippen LogP contribution is -2.35. The second-order valence-corrected chi connectivity index (χ2v) is 4.65. The molecule has 5 nitrogen and oxygen atoms in total. The van der Waals surface area contributed by atoms with E-state index in [1.807, 2.05) is 25.1 Å². The minimum atomic E-state index is -0.824. The van der Waals surface area contributed by atoms with Gasteiger partial charge in [-0.3, -0.25) is 4.79 Å². The number of hydrogen-bond acceptors (Lipinski definition) is 4. The molecule has 0 spiro atoms. The molecule has 0 amide bonds. The van der Waals surface area contributed by atoms with E-state index in [0.29, 0.717) is 31.1 Å². The van der Waals surface area contributed by atoms with Crippen LogP contribution in [0.2, 0.25) is 0 Å². The van der Waals surface area contributed by atoms with Crippen molar-refractivity contribution in [1.29, 1.82) is 0 Å². The molecule has 0 saturated carbocycles. The van der Waals surface area contributed by atoms with Crippen LogP contribution in [0, 0.1) is 0 Å². The molecule has 0 radical (unpaired) electrons. The summed E-state index contributed by atoms with van der Waals surface area (Å²) in [5, 5.41) is 12.1. The summed E-state index contributed by atoms with van der Waals surface area (Å²) in [4.78, 5) is 11.1. The van der Waals surface area contributed by atoms with Crippen LogP contribution >= 0.6 is 0 Å². The van der Waals surface area contributed by atoms with Crippen LogP contribution in [0.4, 0.5) is 0 Å². The first kappa shape index (κ1) is 17.0. The van der Waals surface area contributed by atoms with Gasteiger partial charge in [0.05, 0.1) is 7.11 Å². The number of ether oxygens (including phenoxy) is 2. The SMILES string of the molecule is C=CCOc1ccc(CNC(CCC)C(=O)O)cc1OC. The van der Waals surface area contributed by atoms with Crippen LogP contribution in [0.1, 0.15) is 25.3 Å². The fraction of sp³-hybridized carbons (Fsp3) is 0.438. The standard InChI is InChI=1S/C16H23NO4/c1-4-6-13(16(18)19)17-11-12-7-8-14(21-9-5-2)15(10-12)20-3/h5,7-8,10,13,17H,2,4,6,9,11H2,1,3H3,(H,18,19). The van der Waals surface area contributed by atoms with Gasteiger partial charge in [0.1, 0.15) is 12.6 Å². The summed E-state index contributed by atoms with van der Waals surface area (Å²) in [5.74, 6) is 0.442. The summed E-state index contributed by atoms with van der Waals surface area (Å²) < 4.78 is 10.8. The van der Waals surface area contributed by atoms with Gasteiger partial charge in [-0.25, -0.2) is 0 Å². The van der Waals surface area contributed by atoms with Crippen LogP contribution in [0.5, 0.6) is 11.5 Å². The molecular formula is C16H23NO4. The van der Waals surface area contributed by atoms with Gasteiger partial charge in [-0.1, -0.05) is 32.1 Å². The van der Waals surface area contributed by atoms with E-state index in [2.05, 4.69) is 11.9 Å². The number of aliphatic carboxylic acids is 1. The molecule has 0 saturated heterocycles. The zero-order valence-electron chi connectivity index (χ0n) is 12.6. The summed E-state index contributed by atoms with van der Waals surface area (Å²) in [7, 11) is 1.57. The monoisotopic (exact) mass is 293 g/mol. The van der Waals surface area contributed by atoms with Crippen molar-refractivity contribution >= 4 is 5.97 Å². The number of carboxylic acids is 1. The van der Waals surface area contributed by atoms with Crippen molar-refractivity contribution in [3.05, 3.63) is 36.4 Å². The molecule has 1 rings (SSSR count). The second-order valence-electron chi connectivity index (χ2n) is 4.65. The minimum Gasteiger partial charge on any atom is -0.493 e. The lowest BCUT2D eigenvalue weighted by atomic mass is 10.1. The Bertz CT molecular complexity index is 473. The first-order chi connectivity index (χ1) is 10.1. The summed E-state index contributed by atoms with van der Waals surface area (Å²) in [6.45, 7) is 6.44. The normalized spacial score (nSPS) is 11.7. The summed E-state index contributed by atoms with van der Waals surface area (Å²) in [5.41, 5.74) is 0.945. The maximum atomic E-state index is 11.1. The molecule has 1 atom stereocenters. The van der Waals surface area contributed by atoms with E-state index in [1.54, 1.807) is 13.2 Å². The molecule has 1 aromatic carbocycles. The highest BCUT2D eigenvalue weighted by Crippen LogP contribution is 2.28. The van der Waals surface area contributed by atoms with Crippen LogP contribution in [-0.4, -0.2) is 30.8 Å². The first-order valence-corrected chi connectivity index (χ1v) is 6.99. The number of rotatable bonds is 10. The largest absolute Gasteiger partial charge is 0.493 e. The van der Waals surface area contributed by atoms with Crippen LogP contribution in [-0.2, 0) is 11.3 Å². The van der Waals surface area contributed by atoms with Gasteiger partial charge < -0.3 is 19.9 Å². The van der Waals surface area contributed by atoms with Crippen LogP contribution < -0.4 is 14.8 Å². The maximum Gasteiger partial charge on any atom is 0.320 e. The molecule has 0 fully saturated rings. The molecule has 2 N–H and O–H groups in total. The number of methoxy groups -OCH3 is 1. The van der Waals surface area contributed by atoms with Crippen molar-refractivity contribution in [3.63, 3.8) is 0 Å². The highest BCUT2D eigenvalue weighted by molar-refractivity contribution is 5.73. The van der Waals surface area contributed by atoms with Gasteiger partial charge in [-0.05, 0) is 24.1 Å². The molecule has 0 heterocycles. The highest BCUT2D eigenvalue weighted by atomic mass is 16.5. The van der Waals surface area contributed by atoms with E-state index < -0.39 is 12.0 Å². The Morgan fingerprint density at radius 3 is 2.81 bits per heavy atom. The molecule has 0 bridgehead atoms. The van der Waals surface area contributed by atoms with E-state index in [1.165, 1.54) is 0 Å². The number of carbonyl (C=O) groups is 1. The molecule has 116 valence electrons. The Hall–Kier alpha value is -2.01. The lowest BCUT2D eigenvalue weighted by molar-refractivity contribution is -0.139. The maximum absolute atomic E-state index is 11.1. The van der Waals surface area contributed by atoms with Gasteiger partial charge in [0, 0.05) is 6.54 Å². The lowest BCUT2D eigenvalue weighted by Gasteiger charge is -2.15. The molecule has 21 heavy (non-hydrogen) atoms. The van der Waals surface area contributed by atoms with Gasteiger partial charge in [-0.2, -0.15) is 0 Å². The van der Waals surface area contributed by atoms with Gasteiger partial charge >= 0.3 is 5.97 Å². The Balaban J connectivity index is 2.71. The average molecular weight is 293 g/mol. The van der Waals surface area contributed by atoms with Gasteiger partial charge in [0.15, 0.2) is 11.5 Å². The highest BCUT2D eigenvalue weighted by Gasteiger charge is 2.15. The third kappa shape index (κ3) is 5.47. The third-order valence-electron chi connectivity index (χ3n) is 3.01. The van der Waals surface area contributed by atoms with Gasteiger partial charge in [0.25, 0.3) is 0 Å². The molecule has 0 aliphatic heterocycles. The zero-order chi connectivity index (χ0) is 15.7. The topological polar surface area (TPSA) is 67.8 Å². The molecule has 5 heteroatoms. The number of hydrogen-bond donors (Lipinski definition) is 2. The van der Waals surface area contributed by atoms with Crippen molar-refractivity contribution < 1.29 is 19.4 Å². The van der Waals surface area contributed by atoms with Gasteiger partial charge in [-0.15, -0.1) is 0 Å². The van der Waals surface area contributed by atoms with Gasteiger partial charge in [0.2, 0.25) is 0 Å². The molecule has 1 unspecified atom stereocenters. The number of benzene rings is 1. The molecule has 0 aliphatic carbocycles. The number of carboxylic acid groups (broad SMARTS) is 1. The van der Waals surface area contributed by atoms with E-state index in [9.17, 15) is 4.79 Å². The summed E-state index contributed by atoms with van der Waals surface area (Å²) >= 11 is 0. The average Bonchev–Trinajstić information content (AvgIpc) is 2.49. The Labute approximate surface area is 125 Å². The fourth-order valence-electron chi connectivity index (χ4n) is 1.93. The zero-order valence-corrected chi connectivity index (χ0v) is 12.6. The van der Waals surface area contributed by atoms with E-state index in [4.69, 9.17) is 14.6 Å². The van der Waals surface area contributed by atoms with Crippen LogP contribution in [0.15, 0.2) is 30.9 Å². The predicted octanol–water partition coefficient (Wildman–Crippen LogP) is 2.60. The fourth-order valence-corrected chi connectivity index (χ4v) is 1.93. The Kier molecular flexibility index (Phi) is 7.32. The summed E-state index contributed by atoms with van der Waals surface area (Å²) in [6.07, 6.45) is 3.09. The van der Waals surface area contributed by atoms with Crippen LogP contribution in [0.25, 0.3) is 0 Å². The quantitative estimate of drug-likeness (QED) is 0.649. The molecule has 1 aromatic rings. The summed E-state index contributed by atoms with van der Waals surface area (Å²) in [6, 6.07) is 5.02. The predicted molar refractivity (Wildman–Crippen MR) is 81.9 cm³/mol. The third-order valence-corrected chi connectivity index (χ3v) is 3.01. The van der Waals surface area contributed by atoms with Crippen molar-refractivity contribution in [2.75, 3.05) is 13.7 Å². The van der Waals surface area contributed by atoms with Crippen molar-refractivity contribution in [2.24, 2.45) is 0 Å². The Morgan fingerprint density at radius 2 is 2.24 bits per heavy atom. The molecule has 0 aliphatic rings. The smallest absolute Gasteiger partial charge is 0.320 e. The van der Waals surface area contributed by atoms with Crippen molar-refractivity contribution in [2.45, 2.75) is 32.4 Å². The van der Waals surface area contributed by atoms with E-state index in [0.717, 1.165) is 12.0 Å². The van der Waals surface area contributed by atoms with Crippen molar-refractivity contribution in [3.8, 4) is 11.5 Å². The minimum absolute atomic E-state index is 0.408. The molecular weight excluding hydrogens is 270 g/mol.